The average Bonchev–Trinajstić information content (AvgIpc) is 1.30. The highest BCUT2D eigenvalue weighted by Gasteiger charge is 2.11. The predicted molar refractivity (Wildman–Crippen MR) is 31.5 cm³/mol. The molecular formula is C4H12O2Si. The van der Waals surface area contributed by atoms with Crippen LogP contribution in [-0.4, -0.2) is 20.2 Å². The summed E-state index contributed by atoms with van der Waals surface area (Å²) in [6.07, 6.45) is 0. The number of hydrogen-bond acceptors (Lipinski definition) is 2. The van der Waals surface area contributed by atoms with Crippen molar-refractivity contribution in [2.45, 2.75) is 19.6 Å². The second-order valence-electron chi connectivity index (χ2n) is 2.39. The van der Waals surface area contributed by atoms with Crippen LogP contribution in [0.4, 0.5) is 0 Å². The molecule has 2 nitrogen and oxygen atoms in total. The zero-order valence-electron chi connectivity index (χ0n) is 5.06. The average molecular weight is 120 g/mol. The summed E-state index contributed by atoms with van der Waals surface area (Å²) in [5.74, 6) is 0. The van der Waals surface area contributed by atoms with E-state index in [1.165, 1.54) is 0 Å². The molecule has 0 atom stereocenters. The topological polar surface area (TPSA) is 29.5 Å². The van der Waals surface area contributed by atoms with Crippen LogP contribution in [0.15, 0.2) is 0 Å². The lowest BCUT2D eigenvalue weighted by Gasteiger charge is -2.13. The van der Waals surface area contributed by atoms with E-state index in [9.17, 15) is 0 Å². The van der Waals surface area contributed by atoms with Gasteiger partial charge in [0.1, 0.15) is 6.79 Å². The van der Waals surface area contributed by atoms with Gasteiger partial charge in [0.25, 0.3) is 0 Å². The fourth-order valence-electron chi connectivity index (χ4n) is 0.194. The Kier molecular flexibility index (Phi) is 2.49. The number of aliphatic hydroxyl groups excluding tert-OH is 1. The summed E-state index contributed by atoms with van der Waals surface area (Å²) < 4.78 is 4.92. The van der Waals surface area contributed by atoms with Gasteiger partial charge in [-0.3, -0.25) is 0 Å². The summed E-state index contributed by atoms with van der Waals surface area (Å²) in [5, 5.41) is 8.21. The highest BCUT2D eigenvalue weighted by Crippen LogP contribution is 1.99. The molecule has 44 valence electrons. The van der Waals surface area contributed by atoms with E-state index >= 15 is 0 Å². The van der Waals surface area contributed by atoms with Crippen molar-refractivity contribution in [3.05, 3.63) is 0 Å². The Morgan fingerprint density at radius 3 is 1.86 bits per heavy atom. The first-order valence-corrected chi connectivity index (χ1v) is 5.72. The molecule has 0 aliphatic heterocycles. The highest BCUT2D eigenvalue weighted by atomic mass is 28.4. The molecule has 0 spiro atoms. The van der Waals surface area contributed by atoms with E-state index in [1.807, 2.05) is 19.6 Å². The third kappa shape index (κ3) is 6.14. The molecule has 0 aromatic carbocycles. The summed E-state index contributed by atoms with van der Waals surface area (Å²) in [7, 11) is -1.41. The molecule has 0 radical (unpaired) electrons. The van der Waals surface area contributed by atoms with Crippen LogP contribution in [0.1, 0.15) is 0 Å². The largest absolute Gasteiger partial charge is 0.396 e. The predicted octanol–water partition coefficient (Wildman–Crippen LogP) is 0.788. The quantitative estimate of drug-likeness (QED) is 0.431. The Labute approximate surface area is 45.2 Å². The molecule has 0 amide bonds. The van der Waals surface area contributed by atoms with Crippen LogP contribution in [-0.2, 0) is 4.43 Å². The standard InChI is InChI=1S/C4H12O2Si/c1-7(2,3)6-4-5/h5H,4H2,1-3H3. The van der Waals surface area contributed by atoms with Crippen molar-refractivity contribution in [1.82, 2.24) is 0 Å². The minimum Gasteiger partial charge on any atom is -0.396 e. The van der Waals surface area contributed by atoms with Crippen molar-refractivity contribution in [3.8, 4) is 0 Å². The molecule has 0 saturated carbocycles. The van der Waals surface area contributed by atoms with E-state index in [4.69, 9.17) is 9.53 Å². The second-order valence-corrected chi connectivity index (χ2v) is 6.90. The maximum atomic E-state index is 8.21. The van der Waals surface area contributed by atoms with Gasteiger partial charge in [0.15, 0.2) is 8.32 Å². The molecule has 0 fully saturated rings. The van der Waals surface area contributed by atoms with Crippen LogP contribution in [0.5, 0.6) is 0 Å². The van der Waals surface area contributed by atoms with Crippen LogP contribution in [0, 0.1) is 0 Å². The van der Waals surface area contributed by atoms with Crippen LogP contribution < -0.4 is 0 Å². The summed E-state index contributed by atoms with van der Waals surface area (Å²) in [5.41, 5.74) is 0. The fourth-order valence-corrected chi connectivity index (χ4v) is 0.581. The Morgan fingerprint density at radius 2 is 1.86 bits per heavy atom. The van der Waals surface area contributed by atoms with E-state index in [1.54, 1.807) is 0 Å². The van der Waals surface area contributed by atoms with Gasteiger partial charge in [-0.15, -0.1) is 0 Å². The molecule has 0 aliphatic carbocycles. The van der Waals surface area contributed by atoms with Gasteiger partial charge in [0.2, 0.25) is 0 Å². The number of aliphatic hydroxyl groups is 1. The second kappa shape index (κ2) is 2.45. The van der Waals surface area contributed by atoms with Gasteiger partial charge in [-0.2, -0.15) is 0 Å². The van der Waals surface area contributed by atoms with E-state index in [0.717, 1.165) is 0 Å². The molecule has 3 heteroatoms. The molecule has 0 aromatic heterocycles. The zero-order valence-corrected chi connectivity index (χ0v) is 6.06. The molecular weight excluding hydrogens is 108 g/mol. The van der Waals surface area contributed by atoms with E-state index in [-0.39, 0.29) is 6.79 Å². The maximum Gasteiger partial charge on any atom is 0.186 e. The van der Waals surface area contributed by atoms with Gasteiger partial charge < -0.3 is 9.53 Å². The summed E-state index contributed by atoms with van der Waals surface area (Å²) in [4.78, 5) is 0. The Hall–Kier alpha value is 0.137. The molecule has 0 rings (SSSR count). The lowest BCUT2D eigenvalue weighted by Crippen LogP contribution is -2.25. The van der Waals surface area contributed by atoms with E-state index in [2.05, 4.69) is 0 Å². The SMILES string of the molecule is C[Si](C)(C)OCO. The Balaban J connectivity index is 3.15. The van der Waals surface area contributed by atoms with Gasteiger partial charge in [0, 0.05) is 0 Å². The monoisotopic (exact) mass is 120 g/mol. The van der Waals surface area contributed by atoms with Crippen molar-refractivity contribution >= 4 is 8.32 Å². The lowest BCUT2D eigenvalue weighted by molar-refractivity contribution is 0.0925. The van der Waals surface area contributed by atoms with Gasteiger partial charge in [0.05, 0.1) is 0 Å². The summed E-state index contributed by atoms with van der Waals surface area (Å²) >= 11 is 0. The first-order chi connectivity index (χ1) is 3.06. The summed E-state index contributed by atoms with van der Waals surface area (Å²) in [6.45, 7) is 5.96. The molecule has 0 aliphatic rings. The van der Waals surface area contributed by atoms with Crippen molar-refractivity contribution in [2.24, 2.45) is 0 Å². The lowest BCUT2D eigenvalue weighted by atomic mass is 11.6. The van der Waals surface area contributed by atoms with Gasteiger partial charge in [-0.05, 0) is 19.6 Å². The van der Waals surface area contributed by atoms with E-state index in [0.29, 0.717) is 0 Å². The molecule has 0 heterocycles. The van der Waals surface area contributed by atoms with Crippen molar-refractivity contribution < 1.29 is 9.53 Å². The third-order valence-electron chi connectivity index (χ3n) is 0.498. The maximum absolute atomic E-state index is 8.21. The molecule has 1 N–H and O–H groups in total. The van der Waals surface area contributed by atoms with Crippen LogP contribution in [0.25, 0.3) is 0 Å². The Morgan fingerprint density at radius 1 is 1.43 bits per heavy atom. The number of rotatable bonds is 2. The minimum atomic E-state index is -1.41. The van der Waals surface area contributed by atoms with E-state index < -0.39 is 8.32 Å². The zero-order chi connectivity index (χ0) is 5.91. The van der Waals surface area contributed by atoms with Crippen molar-refractivity contribution in [1.29, 1.82) is 0 Å². The Bertz CT molecular complexity index is 48.1. The van der Waals surface area contributed by atoms with Gasteiger partial charge in [-0.25, -0.2) is 0 Å². The molecule has 0 aromatic rings. The van der Waals surface area contributed by atoms with Crippen LogP contribution in [0.3, 0.4) is 0 Å². The smallest absolute Gasteiger partial charge is 0.186 e. The number of hydrogen-bond donors (Lipinski definition) is 1. The van der Waals surface area contributed by atoms with Crippen LogP contribution >= 0.6 is 0 Å². The van der Waals surface area contributed by atoms with Crippen molar-refractivity contribution in [3.63, 3.8) is 0 Å². The molecule has 0 unspecified atom stereocenters. The normalized spacial score (nSPS) is 12.0. The first kappa shape index (κ1) is 7.14. The highest BCUT2D eigenvalue weighted by molar-refractivity contribution is 6.69. The molecule has 0 bridgehead atoms. The van der Waals surface area contributed by atoms with Gasteiger partial charge in [-0.1, -0.05) is 0 Å². The molecule has 7 heavy (non-hydrogen) atoms. The summed E-state index contributed by atoms with van der Waals surface area (Å²) in [6, 6.07) is 0. The van der Waals surface area contributed by atoms with Crippen LogP contribution in [0.2, 0.25) is 19.6 Å². The van der Waals surface area contributed by atoms with Gasteiger partial charge >= 0.3 is 0 Å². The fraction of sp³-hybridized carbons (Fsp3) is 1.00. The van der Waals surface area contributed by atoms with Crippen molar-refractivity contribution in [2.75, 3.05) is 6.79 Å². The first-order valence-electron chi connectivity index (χ1n) is 2.31. The third-order valence-corrected chi connectivity index (χ3v) is 1.49. The molecule has 0 saturated heterocycles. The minimum absolute atomic E-state index is 0.129.